The van der Waals surface area contributed by atoms with Gasteiger partial charge in [-0.25, -0.2) is 4.98 Å². The molecule has 0 aliphatic carbocycles. The van der Waals surface area contributed by atoms with Crippen molar-refractivity contribution in [2.75, 3.05) is 12.4 Å². The molecule has 0 saturated carbocycles. The highest BCUT2D eigenvalue weighted by Gasteiger charge is 2.07. The van der Waals surface area contributed by atoms with Crippen molar-refractivity contribution in [3.63, 3.8) is 0 Å². The zero-order chi connectivity index (χ0) is 16.1. The minimum absolute atomic E-state index is 0.0742. The molecule has 0 unspecified atom stereocenters. The van der Waals surface area contributed by atoms with Gasteiger partial charge in [-0.3, -0.25) is 4.79 Å². The number of carbonyl (C=O) groups excluding carboxylic acids is 1. The first kappa shape index (κ1) is 14.8. The molecule has 0 spiro atoms. The van der Waals surface area contributed by atoms with Gasteiger partial charge in [-0.05, 0) is 29.8 Å². The first-order valence-electron chi connectivity index (χ1n) is 7.27. The van der Waals surface area contributed by atoms with Crippen LogP contribution >= 0.6 is 0 Å². The molecule has 3 rings (SSSR count). The number of aromatic nitrogens is 2. The summed E-state index contributed by atoms with van der Waals surface area (Å²) in [5, 5.41) is 2.91. The number of anilines is 1. The van der Waals surface area contributed by atoms with E-state index in [1.165, 1.54) is 0 Å². The molecule has 1 amide bonds. The minimum atomic E-state index is -0.0742. The average Bonchev–Trinajstić information content (AvgIpc) is 3.09. The van der Waals surface area contributed by atoms with Crippen LogP contribution in [-0.2, 0) is 11.2 Å². The number of nitrogens with one attached hydrogen (secondary N) is 2. The minimum Gasteiger partial charge on any atom is -0.497 e. The number of imidazole rings is 1. The molecule has 0 bridgehead atoms. The number of H-pyrrole nitrogens is 1. The van der Waals surface area contributed by atoms with Crippen LogP contribution in [0.1, 0.15) is 5.56 Å². The first-order valence-corrected chi connectivity index (χ1v) is 7.27. The maximum absolute atomic E-state index is 12.2. The number of benzene rings is 2. The van der Waals surface area contributed by atoms with Crippen LogP contribution in [0, 0.1) is 0 Å². The predicted molar refractivity (Wildman–Crippen MR) is 89.4 cm³/mol. The van der Waals surface area contributed by atoms with Crippen molar-refractivity contribution in [2.45, 2.75) is 6.42 Å². The Kier molecular flexibility index (Phi) is 4.38. The SMILES string of the molecule is COc1cccc(CC(=O)Nc2cccc(-c3ncc[nH]3)c2)c1. The Morgan fingerprint density at radius 1 is 1.22 bits per heavy atom. The Bertz CT molecular complexity index is 798. The molecule has 1 aromatic heterocycles. The van der Waals surface area contributed by atoms with E-state index < -0.39 is 0 Å². The van der Waals surface area contributed by atoms with Crippen LogP contribution in [0.25, 0.3) is 11.4 Å². The molecule has 1 heterocycles. The predicted octanol–water partition coefficient (Wildman–Crippen LogP) is 3.27. The van der Waals surface area contributed by atoms with Crippen LogP contribution in [0.4, 0.5) is 5.69 Å². The monoisotopic (exact) mass is 307 g/mol. The Hall–Kier alpha value is -3.08. The third-order valence-electron chi connectivity index (χ3n) is 3.42. The summed E-state index contributed by atoms with van der Waals surface area (Å²) in [6.07, 6.45) is 3.76. The lowest BCUT2D eigenvalue weighted by Gasteiger charge is -2.08. The number of nitrogens with zero attached hydrogens (tertiary/aromatic N) is 1. The number of amides is 1. The zero-order valence-corrected chi connectivity index (χ0v) is 12.7. The Labute approximate surface area is 134 Å². The van der Waals surface area contributed by atoms with Crippen molar-refractivity contribution in [3.05, 3.63) is 66.5 Å². The second-order valence-electron chi connectivity index (χ2n) is 5.10. The molecule has 0 aliphatic heterocycles. The van der Waals surface area contributed by atoms with Crippen molar-refractivity contribution < 1.29 is 9.53 Å². The summed E-state index contributed by atoms with van der Waals surface area (Å²) in [6, 6.07) is 15.1. The van der Waals surface area contributed by atoms with Gasteiger partial charge >= 0.3 is 0 Å². The summed E-state index contributed by atoms with van der Waals surface area (Å²) in [5.41, 5.74) is 2.57. The fourth-order valence-corrected chi connectivity index (χ4v) is 2.34. The summed E-state index contributed by atoms with van der Waals surface area (Å²) in [5.74, 6) is 1.44. The smallest absolute Gasteiger partial charge is 0.228 e. The Morgan fingerprint density at radius 2 is 2.09 bits per heavy atom. The lowest BCUT2D eigenvalue weighted by atomic mass is 10.1. The highest BCUT2D eigenvalue weighted by molar-refractivity contribution is 5.92. The third kappa shape index (κ3) is 3.77. The van der Waals surface area contributed by atoms with Gasteiger partial charge in [0.25, 0.3) is 0 Å². The van der Waals surface area contributed by atoms with E-state index in [0.717, 1.165) is 28.4 Å². The highest BCUT2D eigenvalue weighted by atomic mass is 16.5. The van der Waals surface area contributed by atoms with E-state index in [1.807, 2.05) is 48.5 Å². The number of methoxy groups -OCH3 is 1. The average molecular weight is 307 g/mol. The largest absolute Gasteiger partial charge is 0.497 e. The summed E-state index contributed by atoms with van der Waals surface area (Å²) in [6.45, 7) is 0. The van der Waals surface area contributed by atoms with Gasteiger partial charge in [0.05, 0.1) is 13.5 Å². The molecular weight excluding hydrogens is 290 g/mol. The van der Waals surface area contributed by atoms with Crippen LogP contribution in [0.15, 0.2) is 60.9 Å². The van der Waals surface area contributed by atoms with Gasteiger partial charge in [0.1, 0.15) is 11.6 Å². The number of hydrogen-bond donors (Lipinski definition) is 2. The highest BCUT2D eigenvalue weighted by Crippen LogP contribution is 2.19. The number of rotatable bonds is 5. The van der Waals surface area contributed by atoms with E-state index in [4.69, 9.17) is 4.74 Å². The maximum atomic E-state index is 12.2. The van der Waals surface area contributed by atoms with Crippen molar-refractivity contribution in [3.8, 4) is 17.1 Å². The molecule has 116 valence electrons. The molecule has 2 N–H and O–H groups in total. The molecule has 3 aromatic rings. The maximum Gasteiger partial charge on any atom is 0.228 e. The van der Waals surface area contributed by atoms with Crippen LogP contribution in [0.2, 0.25) is 0 Å². The van der Waals surface area contributed by atoms with Crippen molar-refractivity contribution in [1.29, 1.82) is 0 Å². The first-order chi connectivity index (χ1) is 11.2. The summed E-state index contributed by atoms with van der Waals surface area (Å²) >= 11 is 0. The van der Waals surface area contributed by atoms with Crippen LogP contribution in [-0.4, -0.2) is 23.0 Å². The normalized spacial score (nSPS) is 10.3. The van der Waals surface area contributed by atoms with Gasteiger partial charge in [0.15, 0.2) is 0 Å². The van der Waals surface area contributed by atoms with E-state index in [0.29, 0.717) is 6.42 Å². The molecular formula is C18H17N3O2. The van der Waals surface area contributed by atoms with E-state index in [1.54, 1.807) is 19.5 Å². The molecule has 0 radical (unpaired) electrons. The fraction of sp³-hybridized carbons (Fsp3) is 0.111. The molecule has 5 heteroatoms. The fourth-order valence-electron chi connectivity index (χ4n) is 2.34. The second kappa shape index (κ2) is 6.79. The van der Waals surface area contributed by atoms with Crippen molar-refractivity contribution >= 4 is 11.6 Å². The summed E-state index contributed by atoms with van der Waals surface area (Å²) < 4.78 is 5.17. The van der Waals surface area contributed by atoms with E-state index in [2.05, 4.69) is 15.3 Å². The molecule has 23 heavy (non-hydrogen) atoms. The van der Waals surface area contributed by atoms with Crippen LogP contribution < -0.4 is 10.1 Å². The number of ether oxygens (including phenoxy) is 1. The second-order valence-corrected chi connectivity index (χ2v) is 5.10. The topological polar surface area (TPSA) is 67.0 Å². The van der Waals surface area contributed by atoms with E-state index in [-0.39, 0.29) is 5.91 Å². The standard InChI is InChI=1S/C18H17N3O2/c1-23-16-7-2-4-13(10-16)11-17(22)21-15-6-3-5-14(12-15)18-19-8-9-20-18/h2-10,12H,11H2,1H3,(H,19,20)(H,21,22). The van der Waals surface area contributed by atoms with Gasteiger partial charge < -0.3 is 15.0 Å². The summed E-state index contributed by atoms with van der Waals surface area (Å²) in [7, 11) is 1.61. The molecule has 0 saturated heterocycles. The van der Waals surface area contributed by atoms with Crippen molar-refractivity contribution in [1.82, 2.24) is 9.97 Å². The Balaban J connectivity index is 1.69. The third-order valence-corrected chi connectivity index (χ3v) is 3.42. The van der Waals surface area contributed by atoms with Gasteiger partial charge in [0.2, 0.25) is 5.91 Å². The van der Waals surface area contributed by atoms with Crippen molar-refractivity contribution in [2.24, 2.45) is 0 Å². The molecule has 0 aliphatic rings. The van der Waals surface area contributed by atoms with Crippen LogP contribution in [0.5, 0.6) is 5.75 Å². The lowest BCUT2D eigenvalue weighted by Crippen LogP contribution is -2.14. The van der Waals surface area contributed by atoms with Crippen LogP contribution in [0.3, 0.4) is 0 Å². The quantitative estimate of drug-likeness (QED) is 0.760. The summed E-state index contributed by atoms with van der Waals surface area (Å²) in [4.78, 5) is 19.5. The van der Waals surface area contributed by atoms with E-state index in [9.17, 15) is 4.79 Å². The van der Waals surface area contributed by atoms with Gasteiger partial charge in [-0.1, -0.05) is 24.3 Å². The zero-order valence-electron chi connectivity index (χ0n) is 12.7. The number of aromatic amines is 1. The van der Waals surface area contributed by atoms with Gasteiger partial charge in [0, 0.05) is 23.6 Å². The van der Waals surface area contributed by atoms with Gasteiger partial charge in [-0.2, -0.15) is 0 Å². The molecule has 2 aromatic carbocycles. The lowest BCUT2D eigenvalue weighted by molar-refractivity contribution is -0.115. The number of hydrogen-bond acceptors (Lipinski definition) is 3. The van der Waals surface area contributed by atoms with Gasteiger partial charge in [-0.15, -0.1) is 0 Å². The Morgan fingerprint density at radius 3 is 2.87 bits per heavy atom. The molecule has 0 fully saturated rings. The number of carbonyl (C=O) groups is 1. The molecule has 5 nitrogen and oxygen atoms in total. The molecule has 0 atom stereocenters. The van der Waals surface area contributed by atoms with E-state index >= 15 is 0 Å².